The second-order valence-electron chi connectivity index (χ2n) is 6.80. The number of benzene rings is 2. The summed E-state index contributed by atoms with van der Waals surface area (Å²) in [7, 11) is 0. The molecular weight excluding hydrogens is 399 g/mol. The van der Waals surface area contributed by atoms with E-state index in [0.29, 0.717) is 17.7 Å². The summed E-state index contributed by atoms with van der Waals surface area (Å²) in [4.78, 5) is 29.6. The normalized spacial score (nSPS) is 13.6. The van der Waals surface area contributed by atoms with Crippen LogP contribution in [0.3, 0.4) is 0 Å². The number of rotatable bonds is 8. The molecule has 2 rings (SSSR count). The number of carbonyl (C=O) groups excluding carboxylic acids is 2. The molecule has 2 atom stereocenters. The van der Waals surface area contributed by atoms with E-state index in [4.69, 9.17) is 9.57 Å². The van der Waals surface area contributed by atoms with Crippen LogP contribution in [0.15, 0.2) is 54.6 Å². The molecule has 30 heavy (non-hydrogen) atoms. The first-order valence-electron chi connectivity index (χ1n) is 9.48. The highest BCUT2D eigenvalue weighted by atomic mass is 19.4. The summed E-state index contributed by atoms with van der Waals surface area (Å²) in [5, 5.41) is 1.36. The molecule has 2 unspecified atom stereocenters. The molecule has 5 nitrogen and oxygen atoms in total. The molecule has 0 spiro atoms. The van der Waals surface area contributed by atoms with E-state index in [2.05, 4.69) is 0 Å². The van der Waals surface area contributed by atoms with Gasteiger partial charge in [0, 0.05) is 25.1 Å². The summed E-state index contributed by atoms with van der Waals surface area (Å²) in [6, 6.07) is 13.1. The Bertz CT molecular complexity index is 855. The maximum Gasteiger partial charge on any atom is 0.416 e. The van der Waals surface area contributed by atoms with Gasteiger partial charge in [0.25, 0.3) is 0 Å². The highest BCUT2D eigenvalue weighted by Crippen LogP contribution is 2.30. The molecule has 0 aromatic heterocycles. The molecule has 0 saturated carbocycles. The van der Waals surface area contributed by atoms with Gasteiger partial charge in [-0.1, -0.05) is 48.5 Å². The van der Waals surface area contributed by atoms with Gasteiger partial charge in [-0.2, -0.15) is 13.2 Å². The standard InChI is InChI=1S/C22H24F3NO4/c1-4-26(15(2)13-17-9-8-12-19(14-17)22(23,24)25)30-21(28)20(29-16(3)27)18-10-6-5-7-11-18/h5-12,14-15,20H,4,13H2,1-3H3. The van der Waals surface area contributed by atoms with Crippen molar-refractivity contribution in [2.45, 2.75) is 45.5 Å². The SMILES string of the molecule is CCN(OC(=O)C(OC(C)=O)c1ccccc1)C(C)Cc1cccc(C(F)(F)F)c1. The number of likely N-dealkylation sites (N-methyl/N-ethyl adjacent to an activating group) is 1. The van der Waals surface area contributed by atoms with Crippen LogP contribution in [-0.4, -0.2) is 29.6 Å². The number of nitrogens with zero attached hydrogens (tertiary/aromatic N) is 1. The molecule has 162 valence electrons. The van der Waals surface area contributed by atoms with Crippen molar-refractivity contribution in [3.8, 4) is 0 Å². The number of alkyl halides is 3. The third-order valence-corrected chi connectivity index (χ3v) is 4.40. The zero-order chi connectivity index (χ0) is 22.3. The van der Waals surface area contributed by atoms with Gasteiger partial charge in [-0.3, -0.25) is 4.79 Å². The van der Waals surface area contributed by atoms with Crippen LogP contribution in [-0.2, 0) is 31.8 Å². The highest BCUT2D eigenvalue weighted by Gasteiger charge is 2.31. The van der Waals surface area contributed by atoms with E-state index < -0.39 is 35.8 Å². The third kappa shape index (κ3) is 6.59. The van der Waals surface area contributed by atoms with E-state index in [-0.39, 0.29) is 6.42 Å². The zero-order valence-corrected chi connectivity index (χ0v) is 17.0. The lowest BCUT2D eigenvalue weighted by molar-refractivity contribution is -0.212. The molecule has 2 aromatic carbocycles. The summed E-state index contributed by atoms with van der Waals surface area (Å²) in [6.07, 6.45) is -5.43. The summed E-state index contributed by atoms with van der Waals surface area (Å²) in [5.74, 6) is -1.42. The van der Waals surface area contributed by atoms with Gasteiger partial charge in [0.1, 0.15) is 0 Å². The Morgan fingerprint density at radius 1 is 1.07 bits per heavy atom. The molecule has 0 aliphatic heterocycles. The van der Waals surface area contributed by atoms with Crippen LogP contribution in [0.2, 0.25) is 0 Å². The van der Waals surface area contributed by atoms with Gasteiger partial charge in [-0.25, -0.2) is 4.79 Å². The van der Waals surface area contributed by atoms with Gasteiger partial charge in [-0.15, -0.1) is 5.06 Å². The van der Waals surface area contributed by atoms with Gasteiger partial charge >= 0.3 is 18.1 Å². The predicted octanol–water partition coefficient (Wildman–Crippen LogP) is 4.72. The zero-order valence-electron chi connectivity index (χ0n) is 17.0. The Balaban J connectivity index is 2.12. The van der Waals surface area contributed by atoms with Gasteiger partial charge in [0.15, 0.2) is 0 Å². The summed E-state index contributed by atoms with van der Waals surface area (Å²) >= 11 is 0. The van der Waals surface area contributed by atoms with E-state index in [9.17, 15) is 22.8 Å². The van der Waals surface area contributed by atoms with Crippen molar-refractivity contribution in [2.75, 3.05) is 6.54 Å². The lowest BCUT2D eigenvalue weighted by Gasteiger charge is -2.28. The number of carbonyl (C=O) groups is 2. The topological polar surface area (TPSA) is 55.8 Å². The highest BCUT2D eigenvalue weighted by molar-refractivity contribution is 5.79. The smallest absolute Gasteiger partial charge is 0.416 e. The van der Waals surface area contributed by atoms with Crippen molar-refractivity contribution in [3.05, 3.63) is 71.3 Å². The van der Waals surface area contributed by atoms with Gasteiger partial charge in [0.05, 0.1) is 5.56 Å². The molecule has 2 aromatic rings. The second kappa shape index (κ2) is 10.2. The van der Waals surface area contributed by atoms with Crippen molar-refractivity contribution < 1.29 is 32.3 Å². The molecule has 0 amide bonds. The van der Waals surface area contributed by atoms with Gasteiger partial charge < -0.3 is 9.57 Å². The molecule has 0 aliphatic rings. The first kappa shape index (κ1) is 23.4. The monoisotopic (exact) mass is 423 g/mol. The molecule has 0 fully saturated rings. The number of hydrogen-bond acceptors (Lipinski definition) is 5. The maximum atomic E-state index is 12.9. The van der Waals surface area contributed by atoms with Crippen LogP contribution >= 0.6 is 0 Å². The fraction of sp³-hybridized carbons (Fsp3) is 0.364. The summed E-state index contributed by atoms with van der Waals surface area (Å²) < 4.78 is 43.9. The minimum Gasteiger partial charge on any atom is -0.445 e. The Morgan fingerprint density at radius 2 is 1.73 bits per heavy atom. The lowest BCUT2D eigenvalue weighted by atomic mass is 10.0. The number of hydrogen-bond donors (Lipinski definition) is 0. The molecule has 0 saturated heterocycles. The first-order valence-corrected chi connectivity index (χ1v) is 9.48. The fourth-order valence-electron chi connectivity index (χ4n) is 2.99. The summed E-state index contributed by atoms with van der Waals surface area (Å²) in [5.41, 5.74) is 0.192. The number of halogens is 3. The largest absolute Gasteiger partial charge is 0.445 e. The number of ether oxygens (including phenoxy) is 1. The second-order valence-corrected chi connectivity index (χ2v) is 6.80. The van der Waals surface area contributed by atoms with E-state index in [1.807, 2.05) is 0 Å². The van der Waals surface area contributed by atoms with Crippen LogP contribution in [0.1, 0.15) is 43.6 Å². The van der Waals surface area contributed by atoms with Gasteiger partial charge in [0.2, 0.25) is 6.10 Å². The Hall–Kier alpha value is -2.87. The molecule has 8 heteroatoms. The van der Waals surface area contributed by atoms with Gasteiger partial charge in [-0.05, 0) is 31.9 Å². The average molecular weight is 423 g/mol. The van der Waals surface area contributed by atoms with Crippen molar-refractivity contribution >= 4 is 11.9 Å². The fourth-order valence-corrected chi connectivity index (χ4v) is 2.99. The molecule has 0 heterocycles. The minimum atomic E-state index is -4.43. The molecular formula is C22H24F3NO4. The maximum absolute atomic E-state index is 12.9. The summed E-state index contributed by atoms with van der Waals surface area (Å²) in [6.45, 7) is 4.98. The van der Waals surface area contributed by atoms with Crippen molar-refractivity contribution in [1.82, 2.24) is 5.06 Å². The predicted molar refractivity (Wildman–Crippen MR) is 104 cm³/mol. The first-order chi connectivity index (χ1) is 14.1. The van der Waals surface area contributed by atoms with E-state index in [0.717, 1.165) is 12.1 Å². The van der Waals surface area contributed by atoms with E-state index >= 15 is 0 Å². The van der Waals surface area contributed by atoms with Crippen LogP contribution in [0.4, 0.5) is 13.2 Å². The Morgan fingerprint density at radius 3 is 2.30 bits per heavy atom. The molecule has 0 aliphatic carbocycles. The minimum absolute atomic E-state index is 0.231. The number of hydroxylamine groups is 2. The molecule has 0 bridgehead atoms. The lowest BCUT2D eigenvalue weighted by Crippen LogP contribution is -2.38. The molecule has 0 N–H and O–H groups in total. The van der Waals surface area contributed by atoms with Crippen LogP contribution < -0.4 is 0 Å². The van der Waals surface area contributed by atoms with Crippen LogP contribution in [0.5, 0.6) is 0 Å². The average Bonchev–Trinajstić information content (AvgIpc) is 2.70. The van der Waals surface area contributed by atoms with Crippen molar-refractivity contribution in [1.29, 1.82) is 0 Å². The Labute approximate surface area is 173 Å². The van der Waals surface area contributed by atoms with E-state index in [1.165, 1.54) is 18.1 Å². The van der Waals surface area contributed by atoms with Crippen molar-refractivity contribution in [2.24, 2.45) is 0 Å². The quantitative estimate of drug-likeness (QED) is 0.454. The molecule has 0 radical (unpaired) electrons. The van der Waals surface area contributed by atoms with Crippen molar-refractivity contribution in [3.63, 3.8) is 0 Å². The number of esters is 1. The Kier molecular flexibility index (Phi) is 8.00. The van der Waals surface area contributed by atoms with Crippen LogP contribution in [0.25, 0.3) is 0 Å². The third-order valence-electron chi connectivity index (χ3n) is 4.40. The van der Waals surface area contributed by atoms with E-state index in [1.54, 1.807) is 50.2 Å². The van der Waals surface area contributed by atoms with Crippen LogP contribution in [0, 0.1) is 0 Å².